The zero-order chi connectivity index (χ0) is 22.7. The van der Waals surface area contributed by atoms with E-state index in [4.69, 9.17) is 0 Å². The van der Waals surface area contributed by atoms with Gasteiger partial charge in [-0.05, 0) is 63.3 Å². The summed E-state index contributed by atoms with van der Waals surface area (Å²) in [4.78, 5) is 12.6. The number of rotatable bonds is 6. The Morgan fingerprint density at radius 1 is 1.03 bits per heavy atom. The first-order valence-electron chi connectivity index (χ1n) is 10.3. The van der Waals surface area contributed by atoms with Gasteiger partial charge in [-0.2, -0.15) is 0 Å². The largest absolute Gasteiger partial charge is 0.331 e. The molecule has 0 aliphatic carbocycles. The fraction of sp³-hybridized carbons (Fsp3) is 0.208. The number of amides is 2. The molecule has 0 spiro atoms. The predicted octanol–water partition coefficient (Wildman–Crippen LogP) is 4.91. The molecule has 3 aromatic rings. The fourth-order valence-corrected chi connectivity index (χ4v) is 5.70. The highest BCUT2D eigenvalue weighted by Gasteiger charge is 2.19. The van der Waals surface area contributed by atoms with Crippen molar-refractivity contribution in [2.75, 3.05) is 5.32 Å². The maximum absolute atomic E-state index is 13.0. The smallest absolute Gasteiger partial charge is 0.319 e. The lowest BCUT2D eigenvalue weighted by Crippen LogP contribution is -2.31. The number of sulfone groups is 1. The lowest BCUT2D eigenvalue weighted by atomic mass is 10.1. The van der Waals surface area contributed by atoms with Crippen LogP contribution >= 0.6 is 15.9 Å². The van der Waals surface area contributed by atoms with Crippen molar-refractivity contribution in [1.82, 2.24) is 10.6 Å². The Hall–Kier alpha value is -2.68. The minimum atomic E-state index is -3.53. The Labute approximate surface area is 196 Å². The van der Waals surface area contributed by atoms with Gasteiger partial charge in [-0.15, -0.1) is 0 Å². The summed E-state index contributed by atoms with van der Waals surface area (Å²) < 4.78 is 26.4. The lowest BCUT2D eigenvalue weighted by Gasteiger charge is -2.16. The van der Waals surface area contributed by atoms with Crippen LogP contribution in [0.2, 0.25) is 0 Å². The first-order chi connectivity index (χ1) is 15.3. The van der Waals surface area contributed by atoms with Gasteiger partial charge in [0.2, 0.25) is 0 Å². The number of urea groups is 1. The van der Waals surface area contributed by atoms with Crippen molar-refractivity contribution in [3.05, 3.63) is 93.5 Å². The van der Waals surface area contributed by atoms with Crippen molar-refractivity contribution >= 4 is 37.5 Å². The number of hydrogen-bond donors (Lipinski definition) is 3. The van der Waals surface area contributed by atoms with E-state index < -0.39 is 9.84 Å². The molecule has 1 atom stereocenters. The highest BCUT2D eigenvalue weighted by atomic mass is 79.9. The zero-order valence-corrected chi connectivity index (χ0v) is 20.0. The molecule has 2 amide bonds. The van der Waals surface area contributed by atoms with E-state index >= 15 is 0 Å². The van der Waals surface area contributed by atoms with Crippen LogP contribution in [0, 0.1) is 0 Å². The Morgan fingerprint density at radius 3 is 2.53 bits per heavy atom. The summed E-state index contributed by atoms with van der Waals surface area (Å²) >= 11 is 3.39. The molecule has 8 heteroatoms. The molecule has 1 aliphatic rings. The van der Waals surface area contributed by atoms with E-state index in [1.165, 1.54) is 17.7 Å². The second-order valence-electron chi connectivity index (χ2n) is 7.84. The Morgan fingerprint density at radius 2 is 1.78 bits per heavy atom. The van der Waals surface area contributed by atoms with Gasteiger partial charge in [0.1, 0.15) is 0 Å². The van der Waals surface area contributed by atoms with Crippen LogP contribution < -0.4 is 16.0 Å². The lowest BCUT2D eigenvalue weighted by molar-refractivity contribution is 0.249. The van der Waals surface area contributed by atoms with Crippen LogP contribution in [0.4, 0.5) is 10.5 Å². The molecule has 1 unspecified atom stereocenters. The second kappa shape index (κ2) is 9.44. The molecule has 0 fully saturated rings. The molecule has 6 nitrogen and oxygen atoms in total. The van der Waals surface area contributed by atoms with Gasteiger partial charge in [0, 0.05) is 17.6 Å². The normalized spacial score (nSPS) is 13.9. The summed E-state index contributed by atoms with van der Waals surface area (Å²) in [5, 5.41) is 8.91. The molecule has 0 radical (unpaired) electrons. The van der Waals surface area contributed by atoms with E-state index in [2.05, 4.69) is 31.9 Å². The van der Waals surface area contributed by atoms with E-state index in [0.29, 0.717) is 10.2 Å². The summed E-state index contributed by atoms with van der Waals surface area (Å²) in [6.07, 6.45) is 0. The number of hydrogen-bond acceptors (Lipinski definition) is 4. The van der Waals surface area contributed by atoms with Crippen LogP contribution in [0.3, 0.4) is 0 Å². The molecule has 0 bridgehead atoms. The van der Waals surface area contributed by atoms with Crippen LogP contribution in [0.15, 0.2) is 76.1 Å². The van der Waals surface area contributed by atoms with E-state index in [1.54, 1.807) is 6.07 Å². The summed E-state index contributed by atoms with van der Waals surface area (Å²) in [7, 11) is -3.53. The fourth-order valence-electron chi connectivity index (χ4n) is 3.71. The van der Waals surface area contributed by atoms with Crippen LogP contribution in [0.1, 0.15) is 35.2 Å². The van der Waals surface area contributed by atoms with Gasteiger partial charge in [0.15, 0.2) is 9.84 Å². The van der Waals surface area contributed by atoms with Gasteiger partial charge in [0.05, 0.1) is 22.4 Å². The third-order valence-corrected chi connectivity index (χ3v) is 7.79. The van der Waals surface area contributed by atoms with E-state index in [-0.39, 0.29) is 22.7 Å². The van der Waals surface area contributed by atoms with Crippen molar-refractivity contribution in [2.24, 2.45) is 0 Å². The van der Waals surface area contributed by atoms with Crippen molar-refractivity contribution < 1.29 is 13.2 Å². The molecule has 1 heterocycles. The van der Waals surface area contributed by atoms with Gasteiger partial charge in [-0.3, -0.25) is 0 Å². The summed E-state index contributed by atoms with van der Waals surface area (Å²) in [5.74, 6) is -0.0748. The van der Waals surface area contributed by atoms with E-state index in [9.17, 15) is 13.2 Å². The molecule has 3 aromatic carbocycles. The number of nitrogens with one attached hydrogen (secondary N) is 3. The van der Waals surface area contributed by atoms with Crippen molar-refractivity contribution in [2.45, 2.75) is 36.7 Å². The quantitative estimate of drug-likeness (QED) is 0.437. The highest BCUT2D eigenvalue weighted by Crippen LogP contribution is 2.28. The maximum atomic E-state index is 13.0. The molecular weight excluding hydrogens is 490 g/mol. The molecule has 3 N–H and O–H groups in total. The second-order valence-corrected chi connectivity index (χ2v) is 10.7. The average molecular weight is 514 g/mol. The monoisotopic (exact) mass is 513 g/mol. The number of benzene rings is 3. The Kier molecular flexibility index (Phi) is 6.64. The topological polar surface area (TPSA) is 87.3 Å². The van der Waals surface area contributed by atoms with Gasteiger partial charge >= 0.3 is 6.03 Å². The molecule has 166 valence electrons. The van der Waals surface area contributed by atoms with Gasteiger partial charge < -0.3 is 16.0 Å². The first-order valence-corrected chi connectivity index (χ1v) is 12.7. The molecular formula is C24H24BrN3O3S. The summed E-state index contributed by atoms with van der Waals surface area (Å²) in [5.41, 5.74) is 4.61. The van der Waals surface area contributed by atoms with Gasteiger partial charge in [0.25, 0.3) is 0 Å². The number of carbonyl (C=O) groups excluding carboxylic acids is 1. The third-order valence-electron chi connectivity index (χ3n) is 5.45. The number of halogens is 1. The number of anilines is 1. The third kappa shape index (κ3) is 5.20. The van der Waals surface area contributed by atoms with E-state index in [1.807, 2.05) is 55.5 Å². The predicted molar refractivity (Wildman–Crippen MR) is 129 cm³/mol. The van der Waals surface area contributed by atoms with Crippen molar-refractivity contribution in [3.8, 4) is 0 Å². The number of carbonyl (C=O) groups is 1. The van der Waals surface area contributed by atoms with Gasteiger partial charge in [-0.1, -0.05) is 48.5 Å². The Bertz CT molecular complexity index is 1250. The minimum Gasteiger partial charge on any atom is -0.331 e. The SMILES string of the molecule is CC(NC(=O)Nc1ccc(S(=O)(=O)Cc2ccc3c(c2)CNC3)cc1Br)c1ccccc1. The maximum Gasteiger partial charge on any atom is 0.319 e. The standard InChI is InChI=1S/C24H24BrN3O3S/c1-16(18-5-3-2-4-6-18)27-24(29)28-23-10-9-21(12-22(23)25)32(30,31)15-17-7-8-19-13-26-14-20(19)11-17/h2-12,16,26H,13-15H2,1H3,(H2,27,28,29). The van der Waals surface area contributed by atoms with Gasteiger partial charge in [-0.25, -0.2) is 13.2 Å². The van der Waals surface area contributed by atoms with Crippen LogP contribution in [0.5, 0.6) is 0 Å². The molecule has 0 saturated carbocycles. The van der Waals surface area contributed by atoms with Crippen LogP contribution in [-0.4, -0.2) is 14.4 Å². The minimum absolute atomic E-state index is 0.0748. The van der Waals surface area contributed by atoms with Crippen molar-refractivity contribution in [1.29, 1.82) is 0 Å². The molecule has 0 saturated heterocycles. The molecule has 4 rings (SSSR count). The summed E-state index contributed by atoms with van der Waals surface area (Å²) in [6.45, 7) is 3.48. The highest BCUT2D eigenvalue weighted by molar-refractivity contribution is 9.10. The summed E-state index contributed by atoms with van der Waals surface area (Å²) in [6, 6.07) is 19.5. The molecule has 0 aromatic heterocycles. The number of fused-ring (bicyclic) bond motifs is 1. The zero-order valence-electron chi connectivity index (χ0n) is 17.6. The molecule has 1 aliphatic heterocycles. The first kappa shape index (κ1) is 22.5. The molecule has 32 heavy (non-hydrogen) atoms. The average Bonchev–Trinajstić information content (AvgIpc) is 3.23. The Balaban J connectivity index is 1.43. The van der Waals surface area contributed by atoms with Crippen molar-refractivity contribution in [3.63, 3.8) is 0 Å². The van der Waals surface area contributed by atoms with E-state index in [0.717, 1.165) is 29.8 Å². The van der Waals surface area contributed by atoms with Crippen LogP contribution in [-0.2, 0) is 28.7 Å². The van der Waals surface area contributed by atoms with Crippen LogP contribution in [0.25, 0.3) is 0 Å².